The van der Waals surface area contributed by atoms with Crippen molar-refractivity contribution >= 4 is 65.7 Å². The molecule has 0 aliphatic carbocycles. The Hall–Kier alpha value is -6.23. The maximum absolute atomic E-state index is 13.8. The summed E-state index contributed by atoms with van der Waals surface area (Å²) in [5, 5.41) is 99.1. The molecule has 0 aromatic rings. The Balaban J connectivity index is 3.59. The van der Waals surface area contributed by atoms with Gasteiger partial charge >= 0.3 is 71.4 Å². The molecule has 1 aliphatic rings. The second kappa shape index (κ2) is 40.0. The van der Waals surface area contributed by atoms with Crippen LogP contribution in [0.1, 0.15) is 110 Å². The fourth-order valence-corrected chi connectivity index (χ4v) is 6.72. The molecule has 1 fully saturated rings. The minimum Gasteiger partial charge on any atom is -0.445 e. The number of hydrogen-bond donors (Lipinski definition) is 10. The fraction of sp³-hybridized carbons (Fsp3) is 0.771. The Morgan fingerprint density at radius 3 is 0.775 bits per heavy atom. The molecule has 10 atom stereocenters. The maximum atomic E-state index is 13.8. The van der Waals surface area contributed by atoms with Crippen molar-refractivity contribution in [3.05, 3.63) is 0 Å². The van der Waals surface area contributed by atoms with Crippen molar-refractivity contribution in [3.8, 4) is 0 Å². The van der Waals surface area contributed by atoms with Gasteiger partial charge < -0.3 is 103 Å². The number of carbonyl (C=O) groups is 11. The van der Waals surface area contributed by atoms with Crippen molar-refractivity contribution in [1.29, 1.82) is 0 Å². The zero-order chi connectivity index (χ0) is 60.2. The first-order chi connectivity index (χ1) is 38.2. The Bertz CT molecular complexity index is 1950. The highest BCUT2D eigenvalue weighted by Gasteiger charge is 2.52. The number of ether oxygens (including phenoxy) is 11. The van der Waals surface area contributed by atoms with Gasteiger partial charge in [0.15, 0.2) is 0 Å². The second-order valence-corrected chi connectivity index (χ2v) is 17.4. The van der Waals surface area contributed by atoms with E-state index in [4.69, 9.17) is 28.4 Å². The van der Waals surface area contributed by atoms with E-state index in [-0.39, 0.29) is 6.42 Å². The molecule has 0 aromatic heterocycles. The molecule has 1 aliphatic heterocycles. The van der Waals surface area contributed by atoms with Crippen molar-refractivity contribution in [2.75, 3.05) is 66.1 Å². The van der Waals surface area contributed by atoms with Gasteiger partial charge in [0, 0.05) is 6.42 Å². The fourth-order valence-electron chi connectivity index (χ4n) is 6.72. The minimum atomic E-state index is -3.73. The highest BCUT2D eigenvalue weighted by atomic mass is 16.8. The van der Waals surface area contributed by atoms with E-state index in [9.17, 15) is 104 Å². The van der Waals surface area contributed by atoms with Crippen LogP contribution in [0.15, 0.2) is 0 Å². The number of carbonyl (C=O) groups excluding carboxylic acids is 11. The van der Waals surface area contributed by atoms with E-state index in [0.29, 0.717) is 12.8 Å². The van der Waals surface area contributed by atoms with Gasteiger partial charge in [-0.3, -0.25) is 4.79 Å². The molecule has 1 rings (SSSR count). The number of hydrogen-bond acceptors (Lipinski definition) is 32. The first-order valence-electron chi connectivity index (χ1n) is 25.6. The van der Waals surface area contributed by atoms with Gasteiger partial charge in [-0.2, -0.15) is 0 Å². The lowest BCUT2D eigenvalue weighted by atomic mass is 10.0. The predicted molar refractivity (Wildman–Crippen MR) is 254 cm³/mol. The topological polar surface area (TPSA) is 492 Å². The molecule has 10 unspecified atom stereocenters. The van der Waals surface area contributed by atoms with Crippen molar-refractivity contribution in [3.63, 3.8) is 0 Å². The molecule has 80 heavy (non-hydrogen) atoms. The molecule has 1 heterocycles. The molecule has 0 amide bonds. The standard InChI is InChI=1S/C48H74O32/c1-2-3-4-5-6-7-8-9-10-11-12-13-14-15-16-17-37(59)79-48(27-58)47(69)78-35(25-56)45(67)76-33(23-54)43(65)74-31(21-52)41(63)72-29(19-50)39(61)70-28(18-49)38(60)71-30(20-51)40(62)73-32(22-53)42(64)75-34(24-55)44(66)77-36(26-57)46(68)80-48/h28-36,49-58H,2-27H2,1H3. The molecule has 32 nitrogen and oxygen atoms in total. The summed E-state index contributed by atoms with van der Waals surface area (Å²) in [4.78, 5) is 144. The number of esters is 11. The molecule has 32 heteroatoms. The lowest BCUT2D eigenvalue weighted by Crippen LogP contribution is -2.55. The number of rotatable bonds is 27. The SMILES string of the molecule is CCCCCCCCCCCCCCCCCC(=O)OC1(CO)OC(=O)C(CO)OC(=O)C(CO)OC(=O)C(CO)OC(=O)C(CO)OC(=O)C(CO)OC(=O)C(CO)OC(=O)C(CO)OC(=O)C(CO)OC(=O)C(CO)OC1=O. The minimum absolute atomic E-state index is 0.0873. The summed E-state index contributed by atoms with van der Waals surface area (Å²) in [5.74, 6) is -24.7. The molecule has 10 N–H and O–H groups in total. The summed E-state index contributed by atoms with van der Waals surface area (Å²) >= 11 is 0. The molecule has 0 spiro atoms. The van der Waals surface area contributed by atoms with Gasteiger partial charge in [-0.1, -0.05) is 96.8 Å². The molecule has 0 radical (unpaired) electrons. The molecule has 1 saturated heterocycles. The van der Waals surface area contributed by atoms with Gasteiger partial charge in [-0.25, -0.2) is 47.9 Å². The summed E-state index contributed by atoms with van der Waals surface area (Å²) in [7, 11) is 0. The third-order valence-corrected chi connectivity index (χ3v) is 11.2. The zero-order valence-electron chi connectivity index (χ0n) is 44.0. The smallest absolute Gasteiger partial charge is 0.396 e. The van der Waals surface area contributed by atoms with Crippen LogP contribution in [0.5, 0.6) is 0 Å². The number of cyclic esters (lactones) is 10. The summed E-state index contributed by atoms with van der Waals surface area (Å²) in [6.45, 7) is -13.6. The average Bonchev–Trinajstić information content (AvgIpc) is 3.44. The molecule has 458 valence electrons. The predicted octanol–water partition coefficient (Wildman–Crippen LogP) is -4.83. The highest BCUT2D eigenvalue weighted by Crippen LogP contribution is 2.23. The van der Waals surface area contributed by atoms with Crippen LogP contribution in [0.3, 0.4) is 0 Å². The third kappa shape index (κ3) is 25.1. The number of unbranched alkanes of at least 4 members (excludes halogenated alkanes) is 14. The van der Waals surface area contributed by atoms with Gasteiger partial charge in [-0.05, 0) is 6.42 Å². The highest BCUT2D eigenvalue weighted by molar-refractivity contribution is 5.91. The Morgan fingerprint density at radius 2 is 0.550 bits per heavy atom. The Morgan fingerprint density at radius 1 is 0.338 bits per heavy atom. The largest absolute Gasteiger partial charge is 0.445 e. The van der Waals surface area contributed by atoms with Crippen LogP contribution in [-0.4, -0.2) is 244 Å². The van der Waals surface area contributed by atoms with E-state index in [1.807, 2.05) is 0 Å². The zero-order valence-corrected chi connectivity index (χ0v) is 44.0. The van der Waals surface area contributed by atoms with E-state index in [1.165, 1.54) is 38.5 Å². The van der Waals surface area contributed by atoms with Crippen LogP contribution in [0.2, 0.25) is 0 Å². The van der Waals surface area contributed by atoms with Crippen LogP contribution in [-0.2, 0) is 105 Å². The monoisotopic (exact) mass is 1160 g/mol. The lowest BCUT2D eigenvalue weighted by Gasteiger charge is -2.31. The van der Waals surface area contributed by atoms with Crippen molar-refractivity contribution in [2.24, 2.45) is 0 Å². The summed E-state index contributed by atoms with van der Waals surface area (Å²) in [5.41, 5.74) is 0. The van der Waals surface area contributed by atoms with Crippen molar-refractivity contribution in [2.45, 2.75) is 170 Å². The molecule has 0 aromatic carbocycles. The first-order valence-corrected chi connectivity index (χ1v) is 25.6. The van der Waals surface area contributed by atoms with E-state index in [2.05, 4.69) is 30.6 Å². The van der Waals surface area contributed by atoms with Crippen LogP contribution < -0.4 is 0 Å². The van der Waals surface area contributed by atoms with E-state index in [1.54, 1.807) is 0 Å². The first kappa shape index (κ1) is 71.8. The van der Waals surface area contributed by atoms with Crippen LogP contribution >= 0.6 is 0 Å². The van der Waals surface area contributed by atoms with Gasteiger partial charge in [-0.15, -0.1) is 0 Å². The van der Waals surface area contributed by atoms with Gasteiger partial charge in [0.2, 0.25) is 54.9 Å². The molecule has 0 bridgehead atoms. The summed E-state index contributed by atoms with van der Waals surface area (Å²) < 4.78 is 52.3. The van der Waals surface area contributed by atoms with Crippen molar-refractivity contribution in [1.82, 2.24) is 0 Å². The van der Waals surface area contributed by atoms with Gasteiger partial charge in [0.05, 0.1) is 59.5 Å². The average molecular weight is 1160 g/mol. The van der Waals surface area contributed by atoms with E-state index in [0.717, 1.165) is 38.5 Å². The second-order valence-electron chi connectivity index (χ2n) is 17.4. The summed E-state index contributed by atoms with van der Waals surface area (Å²) in [6, 6.07) is 0. The van der Waals surface area contributed by atoms with E-state index >= 15 is 0 Å². The lowest BCUT2D eigenvalue weighted by molar-refractivity contribution is -0.256. The molecular formula is C48H74O32. The van der Waals surface area contributed by atoms with Gasteiger partial charge in [0.1, 0.15) is 6.61 Å². The van der Waals surface area contributed by atoms with Gasteiger partial charge in [0.25, 0.3) is 0 Å². The van der Waals surface area contributed by atoms with Crippen molar-refractivity contribution < 1.29 is 156 Å². The van der Waals surface area contributed by atoms with E-state index < -0.39 is 199 Å². The van der Waals surface area contributed by atoms with Crippen LogP contribution in [0.25, 0.3) is 0 Å². The van der Waals surface area contributed by atoms with Crippen LogP contribution in [0.4, 0.5) is 0 Å². The molecule has 0 saturated carbocycles. The van der Waals surface area contributed by atoms with Crippen LogP contribution in [0, 0.1) is 0 Å². The third-order valence-electron chi connectivity index (χ3n) is 11.2. The quantitative estimate of drug-likeness (QED) is 0.0210. The maximum Gasteiger partial charge on any atom is 0.396 e. The Labute approximate surface area is 457 Å². The molecular weight excluding hydrogens is 1090 g/mol. The number of aliphatic hydroxyl groups is 10. The Kier molecular flexibility index (Phi) is 35.9. The summed E-state index contributed by atoms with van der Waals surface area (Å²) in [6.07, 6.45) is -9.06. The normalized spacial score (nSPS) is 26.0. The number of aliphatic hydroxyl groups excluding tert-OH is 10.